The summed E-state index contributed by atoms with van der Waals surface area (Å²) in [4.78, 5) is 0.0849. The quantitative estimate of drug-likeness (QED) is 0.735. The Bertz CT molecular complexity index is 1020. The second-order valence-corrected chi connectivity index (χ2v) is 7.73. The van der Waals surface area contributed by atoms with E-state index in [1.54, 1.807) is 13.0 Å². The van der Waals surface area contributed by atoms with E-state index in [1.165, 1.54) is 12.1 Å². The number of hydrogen-bond donors (Lipinski definition) is 1. The van der Waals surface area contributed by atoms with Crippen molar-refractivity contribution in [3.05, 3.63) is 64.5 Å². The average Bonchev–Trinajstić information content (AvgIpc) is 3.05. The lowest BCUT2D eigenvalue weighted by Crippen LogP contribution is -2.23. The van der Waals surface area contributed by atoms with E-state index in [-0.39, 0.29) is 17.3 Å². The molecule has 25 heavy (non-hydrogen) atoms. The molecular weight excluding hydrogens is 362 g/mol. The van der Waals surface area contributed by atoms with E-state index in [4.69, 9.17) is 16.0 Å². The molecule has 2 aromatic carbocycles. The van der Waals surface area contributed by atoms with Gasteiger partial charge < -0.3 is 4.42 Å². The first-order chi connectivity index (χ1) is 11.9. The number of benzene rings is 2. The number of nitrogens with zero attached hydrogens (tertiary/aromatic N) is 2. The van der Waals surface area contributed by atoms with Gasteiger partial charge in [0.2, 0.25) is 21.8 Å². The summed E-state index contributed by atoms with van der Waals surface area (Å²) in [5.41, 5.74) is 2.61. The number of aromatic nitrogens is 2. The van der Waals surface area contributed by atoms with Gasteiger partial charge in [-0.2, -0.15) is 0 Å². The molecule has 1 aromatic heterocycles. The second kappa shape index (κ2) is 6.95. The molecule has 0 fully saturated rings. The SMILES string of the molecule is Cc1ccc(S(=O)(=O)NCc2nnc(-c3ccccc3C)o2)cc1Cl. The first kappa shape index (κ1) is 17.6. The van der Waals surface area contributed by atoms with E-state index in [1.807, 2.05) is 31.2 Å². The lowest BCUT2D eigenvalue weighted by atomic mass is 10.1. The van der Waals surface area contributed by atoms with Crippen LogP contribution in [0.3, 0.4) is 0 Å². The molecule has 0 saturated heterocycles. The van der Waals surface area contributed by atoms with Crippen LogP contribution < -0.4 is 4.72 Å². The zero-order chi connectivity index (χ0) is 18.0. The summed E-state index contributed by atoms with van der Waals surface area (Å²) >= 11 is 5.99. The van der Waals surface area contributed by atoms with Crippen LogP contribution in [-0.4, -0.2) is 18.6 Å². The summed E-state index contributed by atoms with van der Waals surface area (Å²) in [5, 5.41) is 8.26. The van der Waals surface area contributed by atoms with E-state index in [9.17, 15) is 8.42 Å². The van der Waals surface area contributed by atoms with Crippen molar-refractivity contribution in [1.29, 1.82) is 0 Å². The van der Waals surface area contributed by atoms with Crippen LogP contribution in [0, 0.1) is 13.8 Å². The van der Waals surface area contributed by atoms with E-state index in [0.29, 0.717) is 10.9 Å². The van der Waals surface area contributed by atoms with Crippen LogP contribution in [0.5, 0.6) is 0 Å². The molecule has 0 aliphatic carbocycles. The molecule has 3 rings (SSSR count). The highest BCUT2D eigenvalue weighted by atomic mass is 35.5. The van der Waals surface area contributed by atoms with Gasteiger partial charge in [0, 0.05) is 10.6 Å². The number of sulfonamides is 1. The van der Waals surface area contributed by atoms with Crippen LogP contribution >= 0.6 is 11.6 Å². The van der Waals surface area contributed by atoms with Gasteiger partial charge in [0.05, 0.1) is 11.4 Å². The number of aryl methyl sites for hydroxylation is 2. The Labute approximate surface area is 150 Å². The molecule has 0 spiro atoms. The Hall–Kier alpha value is -2.22. The minimum absolute atomic E-state index is 0.0849. The van der Waals surface area contributed by atoms with Crippen LogP contribution in [0.2, 0.25) is 5.02 Å². The van der Waals surface area contributed by atoms with Crippen molar-refractivity contribution >= 4 is 21.6 Å². The van der Waals surface area contributed by atoms with Gasteiger partial charge in [-0.25, -0.2) is 13.1 Å². The molecule has 0 aliphatic heterocycles. The van der Waals surface area contributed by atoms with Gasteiger partial charge >= 0.3 is 0 Å². The van der Waals surface area contributed by atoms with Crippen molar-refractivity contribution in [2.75, 3.05) is 0 Å². The van der Waals surface area contributed by atoms with Crippen LogP contribution in [0.15, 0.2) is 51.8 Å². The topological polar surface area (TPSA) is 85.1 Å². The summed E-state index contributed by atoms with van der Waals surface area (Å²) in [6.45, 7) is 3.63. The summed E-state index contributed by atoms with van der Waals surface area (Å²) in [6.07, 6.45) is 0. The Morgan fingerprint density at radius 3 is 2.56 bits per heavy atom. The zero-order valence-electron chi connectivity index (χ0n) is 13.7. The van der Waals surface area contributed by atoms with Crippen molar-refractivity contribution in [2.24, 2.45) is 0 Å². The summed E-state index contributed by atoms with van der Waals surface area (Å²) in [6, 6.07) is 12.1. The predicted molar refractivity (Wildman–Crippen MR) is 94.7 cm³/mol. The van der Waals surface area contributed by atoms with Crippen molar-refractivity contribution in [3.8, 4) is 11.5 Å². The summed E-state index contributed by atoms with van der Waals surface area (Å²) < 4.78 is 32.7. The monoisotopic (exact) mass is 377 g/mol. The van der Waals surface area contributed by atoms with E-state index < -0.39 is 10.0 Å². The maximum absolute atomic E-state index is 12.3. The average molecular weight is 378 g/mol. The highest BCUT2D eigenvalue weighted by Gasteiger charge is 2.17. The smallest absolute Gasteiger partial charge is 0.248 e. The van der Waals surface area contributed by atoms with Gasteiger partial charge in [-0.3, -0.25) is 0 Å². The highest BCUT2D eigenvalue weighted by Crippen LogP contribution is 2.22. The lowest BCUT2D eigenvalue weighted by Gasteiger charge is -2.06. The Morgan fingerprint density at radius 1 is 1.08 bits per heavy atom. The van der Waals surface area contributed by atoms with Crippen molar-refractivity contribution in [3.63, 3.8) is 0 Å². The van der Waals surface area contributed by atoms with E-state index in [2.05, 4.69) is 14.9 Å². The molecular formula is C17H16ClN3O3S. The maximum atomic E-state index is 12.3. The number of nitrogens with one attached hydrogen (secondary N) is 1. The highest BCUT2D eigenvalue weighted by molar-refractivity contribution is 7.89. The molecule has 0 bridgehead atoms. The van der Waals surface area contributed by atoms with Gasteiger partial charge in [-0.15, -0.1) is 10.2 Å². The van der Waals surface area contributed by atoms with Gasteiger partial charge in [0.1, 0.15) is 0 Å². The fraction of sp³-hybridized carbons (Fsp3) is 0.176. The van der Waals surface area contributed by atoms with Gasteiger partial charge in [0.15, 0.2) is 0 Å². The van der Waals surface area contributed by atoms with Crippen LogP contribution in [-0.2, 0) is 16.6 Å². The van der Waals surface area contributed by atoms with E-state index in [0.717, 1.165) is 16.7 Å². The summed E-state index contributed by atoms with van der Waals surface area (Å²) in [7, 11) is -3.72. The molecule has 3 aromatic rings. The van der Waals surface area contributed by atoms with Gasteiger partial charge in [0.25, 0.3) is 0 Å². The van der Waals surface area contributed by atoms with E-state index >= 15 is 0 Å². The molecule has 8 heteroatoms. The normalized spacial score (nSPS) is 11.6. The van der Waals surface area contributed by atoms with Crippen LogP contribution in [0.1, 0.15) is 17.0 Å². The molecule has 1 N–H and O–H groups in total. The Balaban J connectivity index is 1.75. The first-order valence-electron chi connectivity index (χ1n) is 7.51. The lowest BCUT2D eigenvalue weighted by molar-refractivity contribution is 0.494. The number of halogens is 1. The van der Waals surface area contributed by atoms with Crippen molar-refractivity contribution < 1.29 is 12.8 Å². The molecule has 0 amide bonds. The van der Waals surface area contributed by atoms with Crippen LogP contribution in [0.4, 0.5) is 0 Å². The maximum Gasteiger partial charge on any atom is 0.248 e. The first-order valence-corrected chi connectivity index (χ1v) is 9.37. The third-order valence-corrected chi connectivity index (χ3v) is 5.52. The summed E-state index contributed by atoms with van der Waals surface area (Å²) in [5.74, 6) is 0.533. The third-order valence-electron chi connectivity index (χ3n) is 3.71. The fourth-order valence-corrected chi connectivity index (χ4v) is 3.47. The van der Waals surface area contributed by atoms with Crippen molar-refractivity contribution in [1.82, 2.24) is 14.9 Å². The molecule has 1 heterocycles. The second-order valence-electron chi connectivity index (χ2n) is 5.55. The third kappa shape index (κ3) is 3.89. The minimum atomic E-state index is -3.72. The van der Waals surface area contributed by atoms with Crippen LogP contribution in [0.25, 0.3) is 11.5 Å². The fourth-order valence-electron chi connectivity index (χ4n) is 2.23. The molecule has 0 saturated carbocycles. The largest absolute Gasteiger partial charge is 0.419 e. The number of hydrogen-bond acceptors (Lipinski definition) is 5. The molecule has 0 atom stereocenters. The number of rotatable bonds is 5. The van der Waals surface area contributed by atoms with Gasteiger partial charge in [-0.1, -0.05) is 35.9 Å². The molecule has 0 radical (unpaired) electrons. The van der Waals surface area contributed by atoms with Gasteiger partial charge in [-0.05, 0) is 43.2 Å². The Morgan fingerprint density at radius 2 is 1.84 bits per heavy atom. The minimum Gasteiger partial charge on any atom is -0.419 e. The Kier molecular flexibility index (Phi) is 4.89. The molecule has 6 nitrogen and oxygen atoms in total. The van der Waals surface area contributed by atoms with Crippen molar-refractivity contribution in [2.45, 2.75) is 25.3 Å². The molecule has 0 unspecified atom stereocenters. The predicted octanol–water partition coefficient (Wildman–Crippen LogP) is 3.49. The molecule has 130 valence electrons. The zero-order valence-corrected chi connectivity index (χ0v) is 15.2. The molecule has 0 aliphatic rings. The standard InChI is InChI=1S/C17H16ClN3O3S/c1-11-5-3-4-6-14(11)17-21-20-16(24-17)10-19-25(22,23)13-8-7-12(2)15(18)9-13/h3-9,19H,10H2,1-2H3.